The normalized spacial score (nSPS) is 11.4. The van der Waals surface area contributed by atoms with E-state index in [-0.39, 0.29) is 0 Å². The van der Waals surface area contributed by atoms with Gasteiger partial charge in [0.25, 0.3) is 0 Å². The first-order chi connectivity index (χ1) is 11.0. The van der Waals surface area contributed by atoms with E-state index in [4.69, 9.17) is 11.1 Å². The van der Waals surface area contributed by atoms with Crippen molar-refractivity contribution in [3.8, 4) is 0 Å². The fourth-order valence-corrected chi connectivity index (χ4v) is 4.22. The van der Waals surface area contributed by atoms with Gasteiger partial charge in [-0.2, -0.15) is 11.1 Å². The largest absolute Gasteiger partial charge is 0.168 e. The number of unbranched alkanes of at least 4 members (excludes halogenated alkanes) is 2. The molecule has 0 heterocycles. The zero-order chi connectivity index (χ0) is 16.7. The number of benzene rings is 2. The maximum absolute atomic E-state index is 6.36. The van der Waals surface area contributed by atoms with Gasteiger partial charge in [-0.3, -0.25) is 0 Å². The molecule has 0 nitrogen and oxygen atoms in total. The molecule has 0 spiro atoms. The molecule has 2 rings (SSSR count). The second kappa shape index (κ2) is 8.51. The average Bonchev–Trinajstić information content (AvgIpc) is 2.54. The predicted octanol–water partition coefficient (Wildman–Crippen LogP) is 6.90. The van der Waals surface area contributed by atoms with Gasteiger partial charge < -0.3 is 0 Å². The maximum atomic E-state index is 6.36. The van der Waals surface area contributed by atoms with Crippen LogP contribution in [0, 0.1) is 0 Å². The van der Waals surface area contributed by atoms with Crippen LogP contribution in [0.2, 0.25) is 19.1 Å². The van der Waals surface area contributed by atoms with E-state index in [0.29, 0.717) is 0 Å². The quantitative estimate of drug-likeness (QED) is 0.278. The van der Waals surface area contributed by atoms with E-state index < -0.39 is 7.38 Å². The zero-order valence-corrected chi connectivity index (χ0v) is 16.1. The van der Waals surface area contributed by atoms with Crippen LogP contribution in [0.15, 0.2) is 61.2 Å². The summed E-state index contributed by atoms with van der Waals surface area (Å²) in [5.74, 6) is 0. The molecule has 122 valence electrons. The van der Waals surface area contributed by atoms with Crippen LogP contribution >= 0.6 is 11.1 Å². The molecule has 0 bridgehead atoms. The van der Waals surface area contributed by atoms with Crippen molar-refractivity contribution in [2.45, 2.75) is 44.8 Å². The molecule has 0 aromatic heterocycles. The smallest absolute Gasteiger partial charge is 0.150 e. The number of aryl methyl sites for hydroxylation is 1. The Labute approximate surface area is 146 Å². The number of halogens is 1. The summed E-state index contributed by atoms with van der Waals surface area (Å²) in [6.45, 7) is 8.68. The summed E-state index contributed by atoms with van der Waals surface area (Å²) in [7, 11) is -1.38. The van der Waals surface area contributed by atoms with Gasteiger partial charge >= 0.3 is 0 Å². The molecule has 2 aromatic rings. The molecule has 0 aliphatic heterocycles. The van der Waals surface area contributed by atoms with Gasteiger partial charge in [-0.15, -0.1) is 0 Å². The summed E-state index contributed by atoms with van der Waals surface area (Å²) in [6, 6.07) is 20.5. The number of hydrogen-bond donors (Lipinski definition) is 0. The van der Waals surface area contributed by atoms with Gasteiger partial charge in [0, 0.05) is 0 Å². The minimum atomic E-state index is -1.38. The van der Waals surface area contributed by atoms with Crippen LogP contribution < -0.4 is 0 Å². The topological polar surface area (TPSA) is 0 Å². The summed E-state index contributed by atoms with van der Waals surface area (Å²) >= 11 is 6.36. The molecule has 0 saturated heterocycles. The lowest BCUT2D eigenvalue weighted by Gasteiger charge is -2.12. The Morgan fingerprint density at radius 1 is 0.870 bits per heavy atom. The lowest BCUT2D eigenvalue weighted by molar-refractivity contribution is 0.713. The third-order valence-corrected chi connectivity index (χ3v) is 6.27. The molecule has 23 heavy (non-hydrogen) atoms. The minimum absolute atomic E-state index is 1.09. The number of hydrogen-bond acceptors (Lipinski definition) is 0. The molecule has 0 aliphatic carbocycles. The van der Waals surface area contributed by atoms with E-state index in [9.17, 15) is 0 Å². The Morgan fingerprint density at radius 2 is 1.48 bits per heavy atom. The zero-order valence-electron chi connectivity index (χ0n) is 14.3. The molecule has 0 aliphatic rings. The van der Waals surface area contributed by atoms with Gasteiger partial charge in [-0.05, 0) is 41.1 Å². The first kappa shape index (κ1) is 18.0. The van der Waals surface area contributed by atoms with Crippen LogP contribution in [0.1, 0.15) is 36.0 Å². The van der Waals surface area contributed by atoms with Crippen molar-refractivity contribution in [1.82, 2.24) is 0 Å². The lowest BCUT2D eigenvalue weighted by Crippen LogP contribution is -2.14. The Morgan fingerprint density at radius 3 is 2.09 bits per heavy atom. The molecule has 0 fully saturated rings. The molecule has 2 heteroatoms. The van der Waals surface area contributed by atoms with Gasteiger partial charge in [0.05, 0.1) is 0 Å². The Hall–Kier alpha value is -1.31. The molecular weight excluding hydrogens is 316 g/mol. The van der Waals surface area contributed by atoms with Gasteiger partial charge in [0.1, 0.15) is 7.38 Å². The summed E-state index contributed by atoms with van der Waals surface area (Å²) in [4.78, 5) is 0. The minimum Gasteiger partial charge on any atom is -0.168 e. The van der Waals surface area contributed by atoms with E-state index in [2.05, 4.69) is 68.2 Å². The second-order valence-electron chi connectivity index (χ2n) is 6.82. The van der Waals surface area contributed by atoms with Crippen molar-refractivity contribution >= 4 is 24.0 Å². The first-order valence-corrected chi connectivity index (χ1v) is 12.7. The van der Waals surface area contributed by atoms with Crippen LogP contribution in [0.3, 0.4) is 0 Å². The Kier molecular flexibility index (Phi) is 6.68. The Balaban J connectivity index is 1.82. The molecule has 0 unspecified atom stereocenters. The van der Waals surface area contributed by atoms with E-state index in [1.165, 1.54) is 42.0 Å². The van der Waals surface area contributed by atoms with E-state index >= 15 is 0 Å². The molecule has 0 amide bonds. The van der Waals surface area contributed by atoms with Crippen molar-refractivity contribution in [3.63, 3.8) is 0 Å². The molecule has 0 N–H and O–H groups in total. The summed E-state index contributed by atoms with van der Waals surface area (Å²) in [5, 5.41) is 0. The van der Waals surface area contributed by atoms with Gasteiger partial charge in [0.15, 0.2) is 0 Å². The van der Waals surface area contributed by atoms with Crippen LogP contribution in [-0.2, 0) is 6.42 Å². The van der Waals surface area contributed by atoms with Crippen molar-refractivity contribution in [2.75, 3.05) is 0 Å². The second-order valence-corrected chi connectivity index (χ2v) is 13.8. The lowest BCUT2D eigenvalue weighted by atomic mass is 9.97. The number of rotatable bonds is 8. The van der Waals surface area contributed by atoms with Gasteiger partial charge in [-0.25, -0.2) is 0 Å². The maximum Gasteiger partial charge on any atom is 0.150 e. The van der Waals surface area contributed by atoms with E-state index in [1.54, 1.807) is 0 Å². The summed E-state index contributed by atoms with van der Waals surface area (Å²) < 4.78 is 0. The highest BCUT2D eigenvalue weighted by Gasteiger charge is 2.15. The van der Waals surface area contributed by atoms with Crippen LogP contribution in [0.5, 0.6) is 0 Å². The highest BCUT2D eigenvalue weighted by Crippen LogP contribution is 2.22. The highest BCUT2D eigenvalue weighted by molar-refractivity contribution is 7.19. The van der Waals surface area contributed by atoms with Crippen LogP contribution in [0.25, 0.3) is 5.57 Å². The van der Waals surface area contributed by atoms with Crippen LogP contribution in [0.4, 0.5) is 0 Å². The summed E-state index contributed by atoms with van der Waals surface area (Å²) in [5.41, 5.74) is 4.89. The molecular formula is C21H27ClSi. The van der Waals surface area contributed by atoms with E-state index in [1.807, 2.05) is 6.07 Å². The fraction of sp³-hybridized carbons (Fsp3) is 0.333. The fourth-order valence-electron chi connectivity index (χ4n) is 2.73. The predicted molar refractivity (Wildman–Crippen MR) is 107 cm³/mol. The molecule has 2 aromatic carbocycles. The van der Waals surface area contributed by atoms with Crippen molar-refractivity contribution in [2.24, 2.45) is 0 Å². The summed E-state index contributed by atoms with van der Waals surface area (Å²) in [6.07, 6.45) is 4.95. The van der Waals surface area contributed by atoms with Gasteiger partial charge in [0.2, 0.25) is 0 Å². The third-order valence-electron chi connectivity index (χ3n) is 4.16. The third kappa shape index (κ3) is 6.37. The van der Waals surface area contributed by atoms with Crippen LogP contribution in [-0.4, -0.2) is 7.38 Å². The SMILES string of the molecule is C=C(c1ccccc1)c1ccc(CCCCC[Si](C)(C)Cl)cc1. The first-order valence-electron chi connectivity index (χ1n) is 8.48. The molecule has 0 atom stereocenters. The molecule has 0 saturated carbocycles. The van der Waals surface area contributed by atoms with E-state index in [0.717, 1.165) is 12.0 Å². The van der Waals surface area contributed by atoms with Crippen molar-refractivity contribution < 1.29 is 0 Å². The van der Waals surface area contributed by atoms with Crippen molar-refractivity contribution in [3.05, 3.63) is 77.9 Å². The van der Waals surface area contributed by atoms with Gasteiger partial charge in [-0.1, -0.05) is 87.1 Å². The monoisotopic (exact) mass is 342 g/mol. The Bertz CT molecular complexity index is 609. The average molecular weight is 343 g/mol. The van der Waals surface area contributed by atoms with Crippen molar-refractivity contribution in [1.29, 1.82) is 0 Å². The molecule has 0 radical (unpaired) electrons. The standard InChI is InChI=1S/C21H27ClSi/c1-18(20-11-7-4-8-12-20)21-15-13-19(14-16-21)10-6-5-9-17-23(2,3)22/h4,7-8,11-16H,1,5-6,9-10,17H2,2-3H3. The highest BCUT2D eigenvalue weighted by atomic mass is 35.6.